The molecule has 2 rings (SSSR count). The zero-order valence-electron chi connectivity index (χ0n) is 14.5. The number of nitrogens with one attached hydrogen (secondary N) is 2. The maximum atomic E-state index is 12.2. The van der Waals surface area contributed by atoms with Crippen LogP contribution in [-0.4, -0.2) is 45.4 Å². The molecule has 2 atom stereocenters. The second kappa shape index (κ2) is 10.2. The number of carbonyl (C=O) groups excluding carboxylic acids is 2. The van der Waals surface area contributed by atoms with E-state index in [1.54, 1.807) is 60.7 Å². The van der Waals surface area contributed by atoms with Crippen LogP contribution in [0.15, 0.2) is 65.6 Å². The molecule has 7 nitrogen and oxygen atoms in total. The molecule has 0 unspecified atom stereocenters. The molecule has 142 valence electrons. The number of hydrogen-bond donors (Lipinski definition) is 3. The van der Waals surface area contributed by atoms with Crippen molar-refractivity contribution in [3.05, 3.63) is 66.2 Å². The molecule has 0 heterocycles. The third kappa shape index (κ3) is 6.67. The number of hydrogen-bond acceptors (Lipinski definition) is 4. The van der Waals surface area contributed by atoms with E-state index >= 15 is 0 Å². The first kappa shape index (κ1) is 20.3. The molecule has 0 radical (unpaired) electrons. The number of carboxylic acid groups (broad SMARTS) is 1. The Morgan fingerprint density at radius 1 is 0.963 bits per heavy atom. The van der Waals surface area contributed by atoms with Gasteiger partial charge in [-0.15, -0.1) is 0 Å². The molecule has 0 spiro atoms. The van der Waals surface area contributed by atoms with E-state index in [9.17, 15) is 23.7 Å². The fraction of sp³-hybridized carbons (Fsp3) is 0.211. The summed E-state index contributed by atoms with van der Waals surface area (Å²) in [4.78, 5) is 35.8. The molecule has 0 bridgehead atoms. The van der Waals surface area contributed by atoms with Gasteiger partial charge in [0.05, 0.1) is 17.3 Å². The molecule has 0 aliphatic carbocycles. The van der Waals surface area contributed by atoms with Crippen LogP contribution in [0, 0.1) is 0 Å². The predicted molar refractivity (Wildman–Crippen MR) is 101 cm³/mol. The lowest BCUT2D eigenvalue weighted by molar-refractivity contribution is -0.141. The Morgan fingerprint density at radius 3 is 2.15 bits per heavy atom. The summed E-state index contributed by atoms with van der Waals surface area (Å²) in [6.07, 6.45) is 0.00914. The second-order valence-electron chi connectivity index (χ2n) is 5.66. The first-order valence-corrected chi connectivity index (χ1v) is 9.58. The van der Waals surface area contributed by atoms with E-state index in [1.165, 1.54) is 0 Å². The van der Waals surface area contributed by atoms with Crippen LogP contribution in [-0.2, 0) is 20.4 Å². The lowest BCUT2D eigenvalue weighted by atomic mass is 10.2. The highest BCUT2D eigenvalue weighted by atomic mass is 32.2. The molecule has 27 heavy (non-hydrogen) atoms. The van der Waals surface area contributed by atoms with Crippen molar-refractivity contribution in [2.24, 2.45) is 0 Å². The Bertz CT molecular complexity index is 811. The summed E-state index contributed by atoms with van der Waals surface area (Å²) in [5, 5.41) is 14.0. The van der Waals surface area contributed by atoms with E-state index < -0.39 is 34.6 Å². The van der Waals surface area contributed by atoms with Gasteiger partial charge in [0.1, 0.15) is 6.04 Å². The van der Waals surface area contributed by atoms with E-state index in [1.807, 2.05) is 0 Å². The molecule has 8 heteroatoms. The van der Waals surface area contributed by atoms with Crippen molar-refractivity contribution in [1.29, 1.82) is 0 Å². The molecular formula is C19H20N2O5S. The van der Waals surface area contributed by atoms with Crippen molar-refractivity contribution < 1.29 is 23.7 Å². The maximum absolute atomic E-state index is 12.2. The van der Waals surface area contributed by atoms with Gasteiger partial charge in [-0.3, -0.25) is 13.8 Å². The van der Waals surface area contributed by atoms with E-state index in [0.717, 1.165) is 0 Å². The number of carbonyl (C=O) groups is 3. The average molecular weight is 388 g/mol. The molecule has 0 aliphatic rings. The van der Waals surface area contributed by atoms with Gasteiger partial charge in [-0.2, -0.15) is 0 Å². The number of benzene rings is 2. The van der Waals surface area contributed by atoms with Gasteiger partial charge >= 0.3 is 5.97 Å². The molecule has 0 saturated heterocycles. The average Bonchev–Trinajstić information content (AvgIpc) is 2.70. The minimum absolute atomic E-state index is 0.00914. The third-order valence-corrected chi connectivity index (χ3v) is 5.08. The van der Waals surface area contributed by atoms with E-state index in [-0.39, 0.29) is 18.7 Å². The largest absolute Gasteiger partial charge is 0.480 e. The smallest absolute Gasteiger partial charge is 0.326 e. The Hall–Kier alpha value is -3.00. The van der Waals surface area contributed by atoms with Crippen LogP contribution >= 0.6 is 0 Å². The summed E-state index contributed by atoms with van der Waals surface area (Å²) in [5.41, 5.74) is 0.401. The molecule has 2 aromatic carbocycles. The Labute approximate surface area is 159 Å². The molecule has 2 amide bonds. The molecule has 0 aliphatic heterocycles. The van der Waals surface area contributed by atoms with Crippen LogP contribution in [0.1, 0.15) is 16.8 Å². The molecule has 2 aromatic rings. The van der Waals surface area contributed by atoms with Crippen molar-refractivity contribution in [2.75, 3.05) is 12.3 Å². The Morgan fingerprint density at radius 2 is 1.56 bits per heavy atom. The summed E-state index contributed by atoms with van der Waals surface area (Å²) in [7, 11) is -1.36. The molecule has 3 N–H and O–H groups in total. The van der Waals surface area contributed by atoms with Gasteiger partial charge in [0.25, 0.3) is 5.91 Å². The number of amides is 2. The van der Waals surface area contributed by atoms with Crippen molar-refractivity contribution in [3.63, 3.8) is 0 Å². The lowest BCUT2D eigenvalue weighted by Crippen LogP contribution is -2.46. The number of aliphatic carboxylic acids is 1. The Kier molecular flexibility index (Phi) is 7.69. The fourth-order valence-electron chi connectivity index (χ4n) is 2.27. The van der Waals surface area contributed by atoms with Crippen LogP contribution in [0.3, 0.4) is 0 Å². The van der Waals surface area contributed by atoms with E-state index in [0.29, 0.717) is 10.5 Å². The zero-order valence-corrected chi connectivity index (χ0v) is 15.3. The van der Waals surface area contributed by atoms with Crippen molar-refractivity contribution in [3.8, 4) is 0 Å². The zero-order chi connectivity index (χ0) is 19.6. The van der Waals surface area contributed by atoms with Gasteiger partial charge in [-0.1, -0.05) is 36.4 Å². The minimum atomic E-state index is -1.36. The number of carboxylic acids is 1. The first-order valence-electron chi connectivity index (χ1n) is 8.26. The van der Waals surface area contributed by atoms with Gasteiger partial charge in [0.2, 0.25) is 5.91 Å². The molecule has 0 saturated carbocycles. The van der Waals surface area contributed by atoms with Crippen LogP contribution < -0.4 is 10.6 Å². The SMILES string of the molecule is O=C(CNC(=O)c1ccccc1)N[C@H](CC[S@](=O)c1ccccc1)C(=O)O. The van der Waals surface area contributed by atoms with Crippen molar-refractivity contribution >= 4 is 28.6 Å². The number of rotatable bonds is 9. The standard InChI is InChI=1S/C19H20N2O5S/c22-17(13-20-18(23)14-7-3-1-4-8-14)21-16(19(24)25)11-12-27(26)15-9-5-2-6-10-15/h1-10,16H,11-13H2,(H,20,23)(H,21,22)(H,24,25)/t16-,27+/m1/s1. The molecule has 0 fully saturated rings. The first-order chi connectivity index (χ1) is 13.0. The summed E-state index contributed by atoms with van der Waals surface area (Å²) in [6, 6.07) is 15.9. The van der Waals surface area contributed by atoms with Crippen LogP contribution in [0.25, 0.3) is 0 Å². The molecule has 0 aromatic heterocycles. The lowest BCUT2D eigenvalue weighted by Gasteiger charge is -2.14. The highest BCUT2D eigenvalue weighted by Gasteiger charge is 2.21. The topological polar surface area (TPSA) is 113 Å². The highest BCUT2D eigenvalue weighted by Crippen LogP contribution is 2.08. The van der Waals surface area contributed by atoms with Crippen molar-refractivity contribution in [1.82, 2.24) is 10.6 Å². The van der Waals surface area contributed by atoms with Gasteiger partial charge in [-0.05, 0) is 30.7 Å². The summed E-state index contributed by atoms with van der Waals surface area (Å²) in [5.74, 6) is -2.18. The van der Waals surface area contributed by atoms with E-state index in [2.05, 4.69) is 10.6 Å². The van der Waals surface area contributed by atoms with Gasteiger partial charge in [-0.25, -0.2) is 4.79 Å². The van der Waals surface area contributed by atoms with Crippen LogP contribution in [0.2, 0.25) is 0 Å². The second-order valence-corrected chi connectivity index (χ2v) is 7.23. The van der Waals surface area contributed by atoms with Crippen molar-refractivity contribution in [2.45, 2.75) is 17.4 Å². The molecular weight excluding hydrogens is 368 g/mol. The van der Waals surface area contributed by atoms with Crippen LogP contribution in [0.4, 0.5) is 0 Å². The summed E-state index contributed by atoms with van der Waals surface area (Å²) in [6.45, 7) is -0.348. The Balaban J connectivity index is 1.82. The monoisotopic (exact) mass is 388 g/mol. The summed E-state index contributed by atoms with van der Waals surface area (Å²) < 4.78 is 12.2. The normalized spacial score (nSPS) is 12.6. The third-order valence-electron chi connectivity index (χ3n) is 3.68. The predicted octanol–water partition coefficient (Wildman–Crippen LogP) is 1.18. The van der Waals surface area contributed by atoms with Crippen LogP contribution in [0.5, 0.6) is 0 Å². The maximum Gasteiger partial charge on any atom is 0.326 e. The van der Waals surface area contributed by atoms with E-state index in [4.69, 9.17) is 0 Å². The van der Waals surface area contributed by atoms with Gasteiger partial charge in [0, 0.05) is 16.2 Å². The van der Waals surface area contributed by atoms with Gasteiger partial charge in [0.15, 0.2) is 0 Å². The highest BCUT2D eigenvalue weighted by molar-refractivity contribution is 7.85. The fourth-order valence-corrected chi connectivity index (χ4v) is 3.42. The minimum Gasteiger partial charge on any atom is -0.480 e. The van der Waals surface area contributed by atoms with Gasteiger partial charge < -0.3 is 15.7 Å². The summed E-state index contributed by atoms with van der Waals surface area (Å²) >= 11 is 0. The quantitative estimate of drug-likeness (QED) is 0.597.